The van der Waals surface area contributed by atoms with Gasteiger partial charge < -0.3 is 24.4 Å². The van der Waals surface area contributed by atoms with E-state index >= 15 is 0 Å². The maximum absolute atomic E-state index is 12.6. The number of nitrogens with one attached hydrogen (secondary N) is 1. The van der Waals surface area contributed by atoms with Crippen LogP contribution in [-0.2, 0) is 0 Å². The second-order valence-electron chi connectivity index (χ2n) is 6.80. The maximum Gasteiger partial charge on any atom is 0.318 e. The first-order valence-corrected chi connectivity index (χ1v) is 9.35. The normalized spacial score (nSPS) is 17.8. The van der Waals surface area contributed by atoms with Crippen molar-refractivity contribution in [1.82, 2.24) is 10.2 Å². The number of hydrogen-bond donors (Lipinski definition) is 1. The lowest BCUT2D eigenvalue weighted by molar-refractivity contribution is 0.173. The molecule has 0 saturated carbocycles. The zero-order valence-electron chi connectivity index (χ0n) is 15.4. The summed E-state index contributed by atoms with van der Waals surface area (Å²) in [5.41, 5.74) is 2.47. The molecule has 27 heavy (non-hydrogen) atoms. The standard InChI is InChI=1S/C21H24N2O4/c1-15-5-2-3-6-17(15)18-7-4-11-23(18)21(24)22-10-12-25-16-8-9-19-20(13-16)27-14-26-19/h2-3,5-6,8-9,13,18H,4,7,10-12,14H2,1H3,(H,22,24). The van der Waals surface area contributed by atoms with Crippen LogP contribution in [0.5, 0.6) is 17.2 Å². The summed E-state index contributed by atoms with van der Waals surface area (Å²) in [7, 11) is 0. The van der Waals surface area contributed by atoms with Crippen molar-refractivity contribution >= 4 is 6.03 Å². The molecule has 6 heteroatoms. The quantitative estimate of drug-likeness (QED) is 0.819. The average Bonchev–Trinajstić information content (AvgIpc) is 3.34. The lowest BCUT2D eigenvalue weighted by atomic mass is 9.99. The van der Waals surface area contributed by atoms with E-state index in [1.165, 1.54) is 11.1 Å². The molecular formula is C21H24N2O4. The molecule has 0 spiro atoms. The fourth-order valence-electron chi connectivity index (χ4n) is 3.69. The molecule has 1 atom stereocenters. The van der Waals surface area contributed by atoms with E-state index in [1.54, 1.807) is 6.07 Å². The predicted octanol–water partition coefficient (Wildman–Crippen LogP) is 3.65. The van der Waals surface area contributed by atoms with E-state index in [2.05, 4.69) is 24.4 Å². The minimum absolute atomic E-state index is 0.0324. The monoisotopic (exact) mass is 368 g/mol. The first-order chi connectivity index (χ1) is 13.2. The number of benzene rings is 2. The van der Waals surface area contributed by atoms with Crippen LogP contribution in [0.4, 0.5) is 4.79 Å². The molecule has 0 aromatic heterocycles. The van der Waals surface area contributed by atoms with Crippen molar-refractivity contribution in [3.05, 3.63) is 53.6 Å². The molecule has 2 aliphatic heterocycles. The van der Waals surface area contributed by atoms with Gasteiger partial charge in [-0.2, -0.15) is 0 Å². The molecule has 1 N–H and O–H groups in total. The summed E-state index contributed by atoms with van der Waals surface area (Å²) >= 11 is 0. The van der Waals surface area contributed by atoms with E-state index in [-0.39, 0.29) is 18.9 Å². The van der Waals surface area contributed by atoms with Gasteiger partial charge in [0.05, 0.1) is 12.6 Å². The second-order valence-corrected chi connectivity index (χ2v) is 6.80. The number of aryl methyl sites for hydroxylation is 1. The minimum Gasteiger partial charge on any atom is -0.492 e. The van der Waals surface area contributed by atoms with Crippen LogP contribution >= 0.6 is 0 Å². The summed E-state index contributed by atoms with van der Waals surface area (Å²) in [6.07, 6.45) is 2.03. The average molecular weight is 368 g/mol. The molecule has 4 rings (SSSR count). The highest BCUT2D eigenvalue weighted by Gasteiger charge is 2.30. The summed E-state index contributed by atoms with van der Waals surface area (Å²) in [5, 5.41) is 2.97. The molecular weight excluding hydrogens is 344 g/mol. The molecule has 1 unspecified atom stereocenters. The van der Waals surface area contributed by atoms with Gasteiger partial charge in [-0.3, -0.25) is 0 Å². The number of fused-ring (bicyclic) bond motifs is 1. The Morgan fingerprint density at radius 3 is 2.96 bits per heavy atom. The van der Waals surface area contributed by atoms with Gasteiger partial charge in [-0.25, -0.2) is 4.79 Å². The Morgan fingerprint density at radius 2 is 2.07 bits per heavy atom. The SMILES string of the molecule is Cc1ccccc1C1CCCN1C(=O)NCCOc1ccc2c(c1)OCO2. The number of rotatable bonds is 5. The third kappa shape index (κ3) is 3.79. The largest absolute Gasteiger partial charge is 0.492 e. The molecule has 2 aliphatic rings. The number of carbonyl (C=O) groups is 1. The molecule has 2 aromatic rings. The third-order valence-electron chi connectivity index (χ3n) is 5.05. The Balaban J connectivity index is 1.28. The van der Waals surface area contributed by atoms with Crippen LogP contribution in [0, 0.1) is 6.92 Å². The van der Waals surface area contributed by atoms with E-state index in [4.69, 9.17) is 14.2 Å². The van der Waals surface area contributed by atoms with Crippen LogP contribution < -0.4 is 19.5 Å². The van der Waals surface area contributed by atoms with Crippen molar-refractivity contribution < 1.29 is 19.0 Å². The topological polar surface area (TPSA) is 60.0 Å². The van der Waals surface area contributed by atoms with Crippen molar-refractivity contribution in [3.63, 3.8) is 0 Å². The van der Waals surface area contributed by atoms with Crippen LogP contribution in [0.3, 0.4) is 0 Å². The van der Waals surface area contributed by atoms with E-state index in [0.717, 1.165) is 25.1 Å². The van der Waals surface area contributed by atoms with Crippen molar-refractivity contribution in [2.75, 3.05) is 26.5 Å². The number of nitrogens with zero attached hydrogens (tertiary/aromatic N) is 1. The fourth-order valence-corrected chi connectivity index (χ4v) is 3.69. The first kappa shape index (κ1) is 17.5. The highest BCUT2D eigenvalue weighted by Crippen LogP contribution is 2.35. The van der Waals surface area contributed by atoms with Crippen molar-refractivity contribution in [2.24, 2.45) is 0 Å². The fraction of sp³-hybridized carbons (Fsp3) is 0.381. The zero-order chi connectivity index (χ0) is 18.6. The Hall–Kier alpha value is -2.89. The first-order valence-electron chi connectivity index (χ1n) is 9.35. The zero-order valence-corrected chi connectivity index (χ0v) is 15.4. The van der Waals surface area contributed by atoms with E-state index < -0.39 is 0 Å². The lowest BCUT2D eigenvalue weighted by Crippen LogP contribution is -2.41. The van der Waals surface area contributed by atoms with E-state index in [1.807, 2.05) is 29.2 Å². The number of likely N-dealkylation sites (tertiary alicyclic amines) is 1. The van der Waals surface area contributed by atoms with Gasteiger partial charge >= 0.3 is 6.03 Å². The molecule has 2 aromatic carbocycles. The molecule has 1 fully saturated rings. The van der Waals surface area contributed by atoms with Gasteiger partial charge in [0.15, 0.2) is 11.5 Å². The Bertz CT molecular complexity index is 824. The molecule has 6 nitrogen and oxygen atoms in total. The number of carbonyl (C=O) groups excluding carboxylic acids is 1. The predicted molar refractivity (Wildman–Crippen MR) is 101 cm³/mol. The maximum atomic E-state index is 12.6. The highest BCUT2D eigenvalue weighted by atomic mass is 16.7. The van der Waals surface area contributed by atoms with Gasteiger partial charge in [-0.15, -0.1) is 0 Å². The van der Waals surface area contributed by atoms with Gasteiger partial charge in [0.2, 0.25) is 6.79 Å². The molecule has 0 aliphatic carbocycles. The van der Waals surface area contributed by atoms with Gasteiger partial charge in [-0.1, -0.05) is 24.3 Å². The van der Waals surface area contributed by atoms with Crippen molar-refractivity contribution in [2.45, 2.75) is 25.8 Å². The Morgan fingerprint density at radius 1 is 1.22 bits per heavy atom. The van der Waals surface area contributed by atoms with Crippen molar-refractivity contribution in [1.29, 1.82) is 0 Å². The Kier molecular flexibility index (Phi) is 5.05. The second kappa shape index (κ2) is 7.78. The number of hydrogen-bond acceptors (Lipinski definition) is 4. The molecule has 0 bridgehead atoms. The van der Waals surface area contributed by atoms with Crippen LogP contribution in [0.15, 0.2) is 42.5 Å². The molecule has 1 saturated heterocycles. The number of urea groups is 1. The third-order valence-corrected chi connectivity index (χ3v) is 5.05. The van der Waals surface area contributed by atoms with Gasteiger partial charge in [0, 0.05) is 12.6 Å². The minimum atomic E-state index is -0.0324. The van der Waals surface area contributed by atoms with Crippen LogP contribution in [-0.4, -0.2) is 37.4 Å². The smallest absolute Gasteiger partial charge is 0.318 e. The summed E-state index contributed by atoms with van der Waals surface area (Å²) in [6, 6.07) is 13.9. The number of amides is 2. The van der Waals surface area contributed by atoms with E-state index in [0.29, 0.717) is 24.7 Å². The molecule has 142 valence electrons. The summed E-state index contributed by atoms with van der Waals surface area (Å²) in [4.78, 5) is 14.6. The van der Waals surface area contributed by atoms with Crippen LogP contribution in [0.25, 0.3) is 0 Å². The molecule has 2 heterocycles. The lowest BCUT2D eigenvalue weighted by Gasteiger charge is -2.26. The summed E-state index contributed by atoms with van der Waals surface area (Å²) in [5.74, 6) is 2.12. The molecule has 2 amide bonds. The summed E-state index contributed by atoms with van der Waals surface area (Å²) in [6.45, 7) is 3.97. The van der Waals surface area contributed by atoms with Crippen molar-refractivity contribution in [3.8, 4) is 17.2 Å². The van der Waals surface area contributed by atoms with Crippen LogP contribution in [0.2, 0.25) is 0 Å². The highest BCUT2D eigenvalue weighted by molar-refractivity contribution is 5.75. The van der Waals surface area contributed by atoms with Gasteiger partial charge in [0.25, 0.3) is 0 Å². The van der Waals surface area contributed by atoms with Gasteiger partial charge in [-0.05, 0) is 43.0 Å². The van der Waals surface area contributed by atoms with Crippen LogP contribution in [0.1, 0.15) is 30.0 Å². The molecule has 0 radical (unpaired) electrons. The summed E-state index contributed by atoms with van der Waals surface area (Å²) < 4.78 is 16.3. The van der Waals surface area contributed by atoms with Gasteiger partial charge in [0.1, 0.15) is 12.4 Å². The Labute approximate surface area is 159 Å². The number of ether oxygens (including phenoxy) is 3. The van der Waals surface area contributed by atoms with E-state index in [9.17, 15) is 4.79 Å².